The summed E-state index contributed by atoms with van der Waals surface area (Å²) in [6.45, 7) is 5.76. The second kappa shape index (κ2) is 5.13. The largest absolute Gasteiger partial charge is 0.314 e. The van der Waals surface area contributed by atoms with Crippen LogP contribution in [0.3, 0.4) is 0 Å². The standard InChI is InChI=1S/C13H21NS/c1-3-12-6-7-13(15-12)8-10(2)9-14-11-4-5-11/h6-7,10-11,14H,3-5,8-9H2,1-2H3. The molecule has 1 nitrogen and oxygen atoms in total. The summed E-state index contributed by atoms with van der Waals surface area (Å²) in [6.07, 6.45) is 5.21. The fraction of sp³-hybridized carbons (Fsp3) is 0.692. The van der Waals surface area contributed by atoms with Gasteiger partial charge >= 0.3 is 0 Å². The van der Waals surface area contributed by atoms with Gasteiger partial charge in [0.05, 0.1) is 0 Å². The number of rotatable bonds is 6. The molecule has 84 valence electrons. The molecule has 1 aromatic heterocycles. The van der Waals surface area contributed by atoms with Crippen LogP contribution in [0.1, 0.15) is 36.4 Å². The van der Waals surface area contributed by atoms with Crippen molar-refractivity contribution in [2.24, 2.45) is 5.92 Å². The van der Waals surface area contributed by atoms with Crippen LogP contribution in [-0.4, -0.2) is 12.6 Å². The van der Waals surface area contributed by atoms with Crippen LogP contribution in [0.2, 0.25) is 0 Å². The Morgan fingerprint density at radius 3 is 2.73 bits per heavy atom. The Bertz CT molecular complexity index is 301. The van der Waals surface area contributed by atoms with Crippen LogP contribution in [-0.2, 0) is 12.8 Å². The van der Waals surface area contributed by atoms with Gasteiger partial charge < -0.3 is 5.32 Å². The van der Waals surface area contributed by atoms with Gasteiger partial charge in [-0.05, 0) is 50.3 Å². The summed E-state index contributed by atoms with van der Waals surface area (Å²) in [4.78, 5) is 3.07. The quantitative estimate of drug-likeness (QED) is 0.780. The molecule has 1 aliphatic rings. The third-order valence-electron chi connectivity index (χ3n) is 2.95. The predicted molar refractivity (Wildman–Crippen MR) is 67.6 cm³/mol. The van der Waals surface area contributed by atoms with Crippen LogP contribution < -0.4 is 5.32 Å². The van der Waals surface area contributed by atoms with E-state index in [1.54, 1.807) is 4.88 Å². The average Bonchev–Trinajstić information content (AvgIpc) is 2.96. The van der Waals surface area contributed by atoms with Gasteiger partial charge in [0.1, 0.15) is 0 Å². The molecular weight excluding hydrogens is 202 g/mol. The summed E-state index contributed by atoms with van der Waals surface area (Å²) < 4.78 is 0. The van der Waals surface area contributed by atoms with Gasteiger partial charge in [-0.2, -0.15) is 0 Å². The van der Waals surface area contributed by atoms with Gasteiger partial charge in [-0.3, -0.25) is 0 Å². The molecule has 0 spiro atoms. The molecule has 0 radical (unpaired) electrons. The molecule has 1 N–H and O–H groups in total. The van der Waals surface area contributed by atoms with E-state index in [9.17, 15) is 0 Å². The van der Waals surface area contributed by atoms with Crippen molar-refractivity contribution in [1.29, 1.82) is 0 Å². The van der Waals surface area contributed by atoms with Crippen molar-refractivity contribution in [1.82, 2.24) is 5.32 Å². The second-order valence-corrected chi connectivity index (χ2v) is 5.97. The van der Waals surface area contributed by atoms with Crippen molar-refractivity contribution in [3.8, 4) is 0 Å². The SMILES string of the molecule is CCc1ccc(CC(C)CNC2CC2)s1. The Kier molecular flexibility index (Phi) is 3.81. The average molecular weight is 223 g/mol. The monoisotopic (exact) mass is 223 g/mol. The Labute approximate surface area is 96.9 Å². The van der Waals surface area contributed by atoms with E-state index in [0.717, 1.165) is 12.0 Å². The lowest BCUT2D eigenvalue weighted by atomic mass is 10.1. The Morgan fingerprint density at radius 2 is 2.13 bits per heavy atom. The number of hydrogen-bond acceptors (Lipinski definition) is 2. The maximum absolute atomic E-state index is 3.60. The number of nitrogens with one attached hydrogen (secondary N) is 1. The molecule has 0 saturated heterocycles. The normalized spacial score (nSPS) is 18.0. The molecule has 1 fully saturated rings. The molecule has 2 rings (SSSR count). The molecule has 0 aromatic carbocycles. The van der Waals surface area contributed by atoms with Crippen molar-refractivity contribution >= 4 is 11.3 Å². The van der Waals surface area contributed by atoms with Gasteiger partial charge in [-0.15, -0.1) is 11.3 Å². The minimum Gasteiger partial charge on any atom is -0.314 e. The first kappa shape index (κ1) is 11.2. The van der Waals surface area contributed by atoms with Crippen LogP contribution in [0.4, 0.5) is 0 Å². The van der Waals surface area contributed by atoms with Crippen LogP contribution >= 0.6 is 11.3 Å². The molecule has 1 heterocycles. The molecule has 1 aromatic rings. The third kappa shape index (κ3) is 3.62. The van der Waals surface area contributed by atoms with E-state index < -0.39 is 0 Å². The minimum atomic E-state index is 0.772. The minimum absolute atomic E-state index is 0.772. The van der Waals surface area contributed by atoms with Gasteiger partial charge in [0.2, 0.25) is 0 Å². The summed E-state index contributed by atoms with van der Waals surface area (Å²) in [5.41, 5.74) is 0. The lowest BCUT2D eigenvalue weighted by Crippen LogP contribution is -2.24. The fourth-order valence-corrected chi connectivity index (χ4v) is 2.91. The van der Waals surface area contributed by atoms with Gasteiger partial charge in [0.15, 0.2) is 0 Å². The van der Waals surface area contributed by atoms with E-state index in [0.29, 0.717) is 0 Å². The Hall–Kier alpha value is -0.340. The van der Waals surface area contributed by atoms with E-state index >= 15 is 0 Å². The molecule has 1 aliphatic carbocycles. The van der Waals surface area contributed by atoms with Crippen molar-refractivity contribution in [2.75, 3.05) is 6.54 Å². The molecule has 0 amide bonds. The maximum Gasteiger partial charge on any atom is 0.00683 e. The smallest absolute Gasteiger partial charge is 0.00683 e. The van der Waals surface area contributed by atoms with E-state index in [4.69, 9.17) is 0 Å². The lowest BCUT2D eigenvalue weighted by Gasteiger charge is -2.10. The van der Waals surface area contributed by atoms with Crippen molar-refractivity contribution in [2.45, 2.75) is 45.6 Å². The van der Waals surface area contributed by atoms with Gasteiger partial charge in [0.25, 0.3) is 0 Å². The highest BCUT2D eigenvalue weighted by Gasteiger charge is 2.20. The zero-order chi connectivity index (χ0) is 10.7. The summed E-state index contributed by atoms with van der Waals surface area (Å²) in [6, 6.07) is 5.43. The molecule has 1 unspecified atom stereocenters. The highest BCUT2D eigenvalue weighted by atomic mass is 32.1. The topological polar surface area (TPSA) is 12.0 Å². The zero-order valence-corrected chi connectivity index (χ0v) is 10.6. The van der Waals surface area contributed by atoms with Crippen molar-refractivity contribution in [3.63, 3.8) is 0 Å². The van der Waals surface area contributed by atoms with Gasteiger partial charge in [0, 0.05) is 15.8 Å². The molecule has 0 aliphatic heterocycles. The van der Waals surface area contributed by atoms with E-state index in [2.05, 4.69) is 31.3 Å². The third-order valence-corrected chi connectivity index (χ3v) is 4.20. The summed E-state index contributed by atoms with van der Waals surface area (Å²) in [7, 11) is 0. The molecule has 1 saturated carbocycles. The molecule has 0 bridgehead atoms. The van der Waals surface area contributed by atoms with E-state index in [1.165, 1.54) is 37.1 Å². The molecular formula is C13H21NS. The van der Waals surface area contributed by atoms with E-state index in [-0.39, 0.29) is 0 Å². The van der Waals surface area contributed by atoms with Crippen molar-refractivity contribution < 1.29 is 0 Å². The summed E-state index contributed by atoms with van der Waals surface area (Å²) in [5.74, 6) is 0.772. The lowest BCUT2D eigenvalue weighted by molar-refractivity contribution is 0.512. The van der Waals surface area contributed by atoms with Crippen LogP contribution in [0.15, 0.2) is 12.1 Å². The maximum atomic E-state index is 3.60. The van der Waals surface area contributed by atoms with Gasteiger partial charge in [-0.25, -0.2) is 0 Å². The summed E-state index contributed by atoms with van der Waals surface area (Å²) in [5, 5.41) is 3.60. The second-order valence-electron chi connectivity index (χ2n) is 4.71. The highest BCUT2D eigenvalue weighted by molar-refractivity contribution is 7.11. The highest BCUT2D eigenvalue weighted by Crippen LogP contribution is 2.22. The molecule has 15 heavy (non-hydrogen) atoms. The van der Waals surface area contributed by atoms with Crippen molar-refractivity contribution in [3.05, 3.63) is 21.9 Å². The molecule has 1 atom stereocenters. The predicted octanol–water partition coefficient (Wildman–Crippen LogP) is 3.24. The number of hydrogen-bond donors (Lipinski definition) is 1. The fourth-order valence-electron chi connectivity index (χ4n) is 1.79. The number of aryl methyl sites for hydroxylation is 1. The van der Waals surface area contributed by atoms with Gasteiger partial charge in [-0.1, -0.05) is 13.8 Å². The Balaban J connectivity index is 1.73. The summed E-state index contributed by atoms with van der Waals surface area (Å²) >= 11 is 1.98. The first-order valence-electron chi connectivity index (χ1n) is 6.09. The van der Waals surface area contributed by atoms with Crippen LogP contribution in [0, 0.1) is 5.92 Å². The van der Waals surface area contributed by atoms with Crippen LogP contribution in [0.25, 0.3) is 0 Å². The first-order valence-corrected chi connectivity index (χ1v) is 6.90. The first-order chi connectivity index (χ1) is 7.28. The van der Waals surface area contributed by atoms with E-state index in [1.807, 2.05) is 11.3 Å². The van der Waals surface area contributed by atoms with Crippen LogP contribution in [0.5, 0.6) is 0 Å². The zero-order valence-electron chi connectivity index (χ0n) is 9.75. The number of thiophene rings is 1. The Morgan fingerprint density at radius 1 is 1.40 bits per heavy atom. The molecule has 2 heteroatoms.